The highest BCUT2D eigenvalue weighted by Gasteiger charge is 2.32. The molecule has 0 atom stereocenters. The number of hydrogen-bond donors (Lipinski definition) is 3. The van der Waals surface area contributed by atoms with Gasteiger partial charge >= 0.3 is 0 Å². The van der Waals surface area contributed by atoms with Gasteiger partial charge in [-0.25, -0.2) is 4.98 Å². The third kappa shape index (κ3) is 4.81. The minimum atomic E-state index is -0.156. The molecule has 2 aliphatic rings. The number of carbonyl (C=O) groups excluding carboxylic acids is 1. The van der Waals surface area contributed by atoms with Crippen LogP contribution in [-0.2, 0) is 17.7 Å². The number of carbonyl (C=O) groups is 1. The number of fused-ring (bicyclic) bond motifs is 1. The summed E-state index contributed by atoms with van der Waals surface area (Å²) in [5.74, 6) is 0.534. The van der Waals surface area contributed by atoms with Crippen molar-refractivity contribution in [3.05, 3.63) is 52.7 Å². The van der Waals surface area contributed by atoms with Crippen LogP contribution in [0, 0.1) is 6.92 Å². The Bertz CT molecular complexity index is 912. The molecule has 31 heavy (non-hydrogen) atoms. The molecule has 1 aromatic carbocycles. The minimum absolute atomic E-state index is 0.156. The lowest BCUT2D eigenvalue weighted by Crippen LogP contribution is -2.34. The van der Waals surface area contributed by atoms with E-state index in [0.717, 1.165) is 35.7 Å². The minimum Gasteiger partial charge on any atom is -0.381 e. The number of hydroxylamine groups is 1. The Morgan fingerprint density at radius 2 is 2.00 bits per heavy atom. The largest absolute Gasteiger partial charge is 0.381 e. The summed E-state index contributed by atoms with van der Waals surface area (Å²) in [5.41, 5.74) is 4.54. The molecule has 1 fully saturated rings. The topological polar surface area (TPSA) is 90.0 Å². The highest BCUT2D eigenvalue weighted by atomic mass is 16.6. The van der Waals surface area contributed by atoms with E-state index in [2.05, 4.69) is 46.8 Å². The molecule has 2 aliphatic heterocycles. The summed E-state index contributed by atoms with van der Waals surface area (Å²) in [5, 5.41) is 19.8. The molecule has 8 nitrogen and oxygen atoms in total. The number of nitrogens with one attached hydrogen (secondary N) is 2. The first kappa shape index (κ1) is 21.5. The summed E-state index contributed by atoms with van der Waals surface area (Å²) in [7, 11) is 0. The van der Waals surface area contributed by atoms with Crippen molar-refractivity contribution in [3.63, 3.8) is 0 Å². The van der Waals surface area contributed by atoms with Crippen molar-refractivity contribution in [1.29, 1.82) is 0 Å². The first-order valence-electron chi connectivity index (χ1n) is 11.0. The molecule has 4 rings (SSSR count). The first-order valence-corrected chi connectivity index (χ1v) is 11.0. The van der Waals surface area contributed by atoms with E-state index in [1.807, 2.05) is 6.92 Å². The number of hydrazine groups is 1. The van der Waals surface area contributed by atoms with Gasteiger partial charge < -0.3 is 15.4 Å². The maximum Gasteiger partial charge on any atom is 0.254 e. The summed E-state index contributed by atoms with van der Waals surface area (Å²) in [6.07, 6.45) is 4.14. The quantitative estimate of drug-likeness (QED) is 0.628. The second-order valence-corrected chi connectivity index (χ2v) is 8.12. The van der Waals surface area contributed by atoms with Gasteiger partial charge in [-0.3, -0.25) is 15.0 Å². The number of aromatic nitrogens is 1. The van der Waals surface area contributed by atoms with E-state index in [-0.39, 0.29) is 11.9 Å². The molecular formula is C23H31N5O3. The molecule has 8 heteroatoms. The van der Waals surface area contributed by atoms with Crippen LogP contribution in [0.5, 0.6) is 0 Å². The summed E-state index contributed by atoms with van der Waals surface area (Å²) >= 11 is 0. The van der Waals surface area contributed by atoms with Crippen LogP contribution in [0.25, 0.3) is 0 Å². The van der Waals surface area contributed by atoms with E-state index in [1.54, 1.807) is 11.2 Å². The zero-order valence-corrected chi connectivity index (χ0v) is 18.2. The van der Waals surface area contributed by atoms with Crippen molar-refractivity contribution in [2.24, 2.45) is 0 Å². The van der Waals surface area contributed by atoms with Crippen molar-refractivity contribution < 1.29 is 14.7 Å². The van der Waals surface area contributed by atoms with Crippen LogP contribution < -0.4 is 15.6 Å². The molecule has 0 radical (unpaired) electrons. The SMILES string of the molecule is CCN1c2ncc(C(=O)NCCc3ccc(C)cc3)c(NC3CCOCC3)c2CN1O. The number of hydrogen-bond acceptors (Lipinski definition) is 7. The fraction of sp³-hybridized carbons (Fsp3) is 0.478. The normalized spacial score (nSPS) is 16.9. The number of aryl methyl sites for hydroxylation is 1. The highest BCUT2D eigenvalue weighted by Crippen LogP contribution is 2.36. The van der Waals surface area contributed by atoms with E-state index in [4.69, 9.17) is 4.74 Å². The van der Waals surface area contributed by atoms with E-state index < -0.39 is 0 Å². The molecule has 0 unspecified atom stereocenters. The summed E-state index contributed by atoms with van der Waals surface area (Å²) in [4.78, 5) is 17.6. The number of pyridine rings is 1. The number of rotatable bonds is 7. The van der Waals surface area contributed by atoms with Gasteiger partial charge in [-0.05, 0) is 38.7 Å². The van der Waals surface area contributed by atoms with Gasteiger partial charge in [0.15, 0.2) is 5.82 Å². The molecule has 1 aromatic heterocycles. The van der Waals surface area contributed by atoms with Crippen molar-refractivity contribution in [2.75, 3.05) is 36.6 Å². The molecule has 2 aromatic rings. The second kappa shape index (κ2) is 9.64. The fourth-order valence-corrected chi connectivity index (χ4v) is 4.12. The fourth-order valence-electron chi connectivity index (χ4n) is 4.12. The molecule has 0 aliphatic carbocycles. The molecule has 0 spiro atoms. The second-order valence-electron chi connectivity index (χ2n) is 8.12. The van der Waals surface area contributed by atoms with Gasteiger partial charge in [-0.15, -0.1) is 0 Å². The van der Waals surface area contributed by atoms with E-state index >= 15 is 0 Å². The summed E-state index contributed by atoms with van der Waals surface area (Å²) < 4.78 is 5.47. The van der Waals surface area contributed by atoms with Crippen LogP contribution in [0.15, 0.2) is 30.5 Å². The van der Waals surface area contributed by atoms with Crippen LogP contribution in [-0.4, -0.2) is 53.6 Å². The number of nitrogens with zero attached hydrogens (tertiary/aromatic N) is 3. The molecule has 3 N–H and O–H groups in total. The number of ether oxygens (including phenoxy) is 1. The lowest BCUT2D eigenvalue weighted by molar-refractivity contribution is -0.101. The molecule has 3 heterocycles. The zero-order valence-electron chi connectivity index (χ0n) is 18.2. The van der Waals surface area contributed by atoms with Gasteiger partial charge in [0.1, 0.15) is 0 Å². The Balaban J connectivity index is 1.53. The molecular weight excluding hydrogens is 394 g/mol. The standard InChI is InChI=1S/C23H31N5O3/c1-3-27-22-20(15-28(27)30)21(26-18-9-12-31-13-10-18)19(14-25-22)23(29)24-11-8-17-6-4-16(2)5-7-17/h4-7,14,18,30H,3,8-13,15H2,1-2H3,(H,24,29)(H,25,26). The Morgan fingerprint density at radius 3 is 2.71 bits per heavy atom. The average molecular weight is 426 g/mol. The first-order chi connectivity index (χ1) is 15.1. The summed E-state index contributed by atoms with van der Waals surface area (Å²) in [6, 6.07) is 8.56. The van der Waals surface area contributed by atoms with Crippen LogP contribution >= 0.6 is 0 Å². The Morgan fingerprint density at radius 1 is 1.26 bits per heavy atom. The molecule has 1 saturated heterocycles. The monoisotopic (exact) mass is 425 g/mol. The van der Waals surface area contributed by atoms with Crippen molar-refractivity contribution >= 4 is 17.4 Å². The number of benzene rings is 1. The lowest BCUT2D eigenvalue weighted by Gasteiger charge is -2.26. The van der Waals surface area contributed by atoms with E-state index in [9.17, 15) is 10.0 Å². The molecule has 1 amide bonds. The van der Waals surface area contributed by atoms with E-state index in [1.165, 1.54) is 11.1 Å². The smallest absolute Gasteiger partial charge is 0.254 e. The van der Waals surface area contributed by atoms with Gasteiger partial charge in [0, 0.05) is 44.1 Å². The van der Waals surface area contributed by atoms with Gasteiger partial charge in [-0.2, -0.15) is 0 Å². The Labute approximate surface area is 183 Å². The van der Waals surface area contributed by atoms with Crippen molar-refractivity contribution in [2.45, 2.75) is 45.7 Å². The zero-order chi connectivity index (χ0) is 21.8. The third-order valence-electron chi connectivity index (χ3n) is 5.91. The lowest BCUT2D eigenvalue weighted by atomic mass is 10.0. The molecule has 0 bridgehead atoms. The number of amides is 1. The number of anilines is 2. The van der Waals surface area contributed by atoms with Gasteiger partial charge in [0.2, 0.25) is 0 Å². The van der Waals surface area contributed by atoms with E-state index in [0.29, 0.717) is 44.2 Å². The van der Waals surface area contributed by atoms with Crippen molar-refractivity contribution in [3.8, 4) is 0 Å². The van der Waals surface area contributed by atoms with Crippen LogP contribution in [0.4, 0.5) is 11.5 Å². The predicted octanol–water partition coefficient (Wildman–Crippen LogP) is 2.90. The maximum absolute atomic E-state index is 13.1. The Kier molecular flexibility index (Phi) is 6.70. The van der Waals surface area contributed by atoms with Crippen LogP contribution in [0.3, 0.4) is 0 Å². The van der Waals surface area contributed by atoms with Crippen molar-refractivity contribution in [1.82, 2.24) is 15.5 Å². The Hall–Kier alpha value is -2.68. The van der Waals surface area contributed by atoms with Crippen LogP contribution in [0.1, 0.15) is 46.8 Å². The third-order valence-corrected chi connectivity index (χ3v) is 5.91. The van der Waals surface area contributed by atoms with Gasteiger partial charge in [-0.1, -0.05) is 35.0 Å². The molecule has 0 saturated carbocycles. The predicted molar refractivity (Wildman–Crippen MR) is 119 cm³/mol. The summed E-state index contributed by atoms with van der Waals surface area (Å²) in [6.45, 7) is 6.86. The van der Waals surface area contributed by atoms with Crippen LogP contribution in [0.2, 0.25) is 0 Å². The highest BCUT2D eigenvalue weighted by molar-refractivity contribution is 6.01. The average Bonchev–Trinajstić information content (AvgIpc) is 3.11. The van der Waals surface area contributed by atoms with Gasteiger partial charge in [0.25, 0.3) is 5.91 Å². The maximum atomic E-state index is 13.1. The molecule has 166 valence electrons. The van der Waals surface area contributed by atoms with Gasteiger partial charge in [0.05, 0.1) is 17.8 Å².